The van der Waals surface area contributed by atoms with E-state index in [-0.39, 0.29) is 10.5 Å². The molecule has 12 heteroatoms. The van der Waals surface area contributed by atoms with Gasteiger partial charge in [0.05, 0.1) is 16.0 Å². The van der Waals surface area contributed by atoms with Crippen LogP contribution in [0.1, 0.15) is 16.2 Å². The van der Waals surface area contributed by atoms with Gasteiger partial charge in [0.25, 0.3) is 0 Å². The first-order valence-electron chi connectivity index (χ1n) is 10.1. The number of aromatic amines is 1. The number of hydrogen-bond donors (Lipinski definition) is 3. The zero-order valence-corrected chi connectivity index (χ0v) is 19.6. The summed E-state index contributed by atoms with van der Waals surface area (Å²) in [6.45, 7) is 1.78. The van der Waals surface area contributed by atoms with Crippen LogP contribution in [-0.4, -0.2) is 53.0 Å². The number of aromatic carboxylic acids is 1. The third-order valence-corrected chi connectivity index (χ3v) is 6.15. The van der Waals surface area contributed by atoms with E-state index in [0.29, 0.717) is 22.4 Å². The molecule has 0 saturated heterocycles. The third kappa shape index (κ3) is 5.89. The zero-order chi connectivity index (χ0) is 26.8. The minimum atomic E-state index is -5.08. The van der Waals surface area contributed by atoms with Crippen molar-refractivity contribution in [1.82, 2.24) is 9.97 Å². The van der Waals surface area contributed by atoms with Crippen LogP contribution < -0.4 is 0 Å². The molecular weight excluding hydrogens is 501 g/mol. The summed E-state index contributed by atoms with van der Waals surface area (Å²) in [6.07, 6.45) is -3.89. The van der Waals surface area contributed by atoms with Crippen LogP contribution in [0.15, 0.2) is 65.6 Å². The average molecular weight is 520 g/mol. The van der Waals surface area contributed by atoms with Gasteiger partial charge in [0.2, 0.25) is 0 Å². The maximum atomic E-state index is 12.1. The quantitative estimate of drug-likeness (QED) is 0.347. The number of carboxylic acid groups (broad SMARTS) is 2. The molecule has 0 unspecified atom stereocenters. The van der Waals surface area contributed by atoms with Crippen molar-refractivity contribution in [3.63, 3.8) is 0 Å². The molecule has 0 bridgehead atoms. The van der Waals surface area contributed by atoms with Gasteiger partial charge in [-0.25, -0.2) is 23.0 Å². The lowest BCUT2D eigenvalue weighted by Gasteiger charge is -2.10. The highest BCUT2D eigenvalue weighted by Gasteiger charge is 2.38. The molecule has 0 amide bonds. The number of benzene rings is 3. The van der Waals surface area contributed by atoms with Crippen LogP contribution in [0.25, 0.3) is 33.3 Å². The number of rotatable bonds is 4. The highest BCUT2D eigenvalue weighted by Crippen LogP contribution is 2.31. The van der Waals surface area contributed by atoms with Crippen LogP contribution in [0.4, 0.5) is 13.2 Å². The number of nitrogens with zero attached hydrogens (tertiary/aromatic N) is 1. The van der Waals surface area contributed by atoms with Crippen molar-refractivity contribution < 1.29 is 41.4 Å². The Labute approximate surface area is 203 Å². The molecular formula is C24H19F3N2O6S. The van der Waals surface area contributed by atoms with E-state index in [2.05, 4.69) is 9.97 Å². The van der Waals surface area contributed by atoms with Gasteiger partial charge in [-0.1, -0.05) is 42.5 Å². The largest absolute Gasteiger partial charge is 0.490 e. The Morgan fingerprint density at radius 1 is 0.917 bits per heavy atom. The Bertz CT molecular complexity index is 1560. The summed E-state index contributed by atoms with van der Waals surface area (Å²) in [5, 5.41) is 16.7. The van der Waals surface area contributed by atoms with Crippen LogP contribution in [-0.2, 0) is 14.6 Å². The molecule has 0 fully saturated rings. The molecule has 0 aliphatic rings. The number of nitrogens with one attached hydrogen (secondary N) is 1. The van der Waals surface area contributed by atoms with Gasteiger partial charge in [0, 0.05) is 11.8 Å². The Morgan fingerprint density at radius 2 is 1.47 bits per heavy atom. The van der Waals surface area contributed by atoms with E-state index < -0.39 is 28.0 Å². The summed E-state index contributed by atoms with van der Waals surface area (Å²) in [4.78, 5) is 28.2. The molecule has 8 nitrogen and oxygen atoms in total. The molecule has 0 spiro atoms. The van der Waals surface area contributed by atoms with E-state index in [4.69, 9.17) is 9.90 Å². The second-order valence-corrected chi connectivity index (χ2v) is 9.68. The van der Waals surface area contributed by atoms with Crippen molar-refractivity contribution in [2.75, 3.05) is 6.26 Å². The van der Waals surface area contributed by atoms with Crippen molar-refractivity contribution in [2.24, 2.45) is 0 Å². The van der Waals surface area contributed by atoms with Gasteiger partial charge in [0.15, 0.2) is 9.84 Å². The highest BCUT2D eigenvalue weighted by atomic mass is 32.2. The van der Waals surface area contributed by atoms with Crippen molar-refractivity contribution in [2.45, 2.75) is 18.0 Å². The van der Waals surface area contributed by atoms with Crippen LogP contribution in [0.5, 0.6) is 0 Å². The lowest BCUT2D eigenvalue weighted by molar-refractivity contribution is -0.192. The number of sulfone groups is 1. The molecule has 1 aromatic heterocycles. The minimum Gasteiger partial charge on any atom is -0.478 e. The Balaban J connectivity index is 0.000000454. The molecule has 0 aliphatic heterocycles. The number of hydrogen-bond acceptors (Lipinski definition) is 5. The number of aromatic nitrogens is 2. The molecule has 0 saturated carbocycles. The van der Waals surface area contributed by atoms with Crippen LogP contribution >= 0.6 is 0 Å². The number of halogens is 3. The third-order valence-electron chi connectivity index (χ3n) is 4.99. The molecule has 36 heavy (non-hydrogen) atoms. The second-order valence-electron chi connectivity index (χ2n) is 7.70. The summed E-state index contributed by atoms with van der Waals surface area (Å²) in [5.74, 6) is -3.15. The van der Waals surface area contributed by atoms with Crippen molar-refractivity contribution in [1.29, 1.82) is 0 Å². The predicted molar refractivity (Wildman–Crippen MR) is 125 cm³/mol. The van der Waals surface area contributed by atoms with Crippen molar-refractivity contribution >= 4 is 32.8 Å². The first-order valence-corrected chi connectivity index (χ1v) is 12.0. The molecule has 4 aromatic rings. The topological polar surface area (TPSA) is 137 Å². The van der Waals surface area contributed by atoms with Gasteiger partial charge in [-0.2, -0.15) is 13.2 Å². The van der Waals surface area contributed by atoms with Crippen LogP contribution in [0.2, 0.25) is 0 Å². The van der Waals surface area contributed by atoms with Crippen molar-refractivity contribution in [3.05, 3.63) is 72.1 Å². The number of H-pyrrole nitrogens is 1. The molecule has 3 aromatic carbocycles. The van der Waals surface area contributed by atoms with Gasteiger partial charge >= 0.3 is 18.1 Å². The van der Waals surface area contributed by atoms with E-state index in [1.165, 1.54) is 6.26 Å². The normalized spacial score (nSPS) is 11.6. The number of aryl methyl sites for hydroxylation is 1. The summed E-state index contributed by atoms with van der Waals surface area (Å²) in [5.41, 5.74) is 4.18. The maximum Gasteiger partial charge on any atom is 0.490 e. The van der Waals surface area contributed by atoms with Crippen LogP contribution in [0.3, 0.4) is 0 Å². The van der Waals surface area contributed by atoms with Crippen LogP contribution in [0, 0.1) is 6.92 Å². The molecule has 188 valence electrons. The van der Waals surface area contributed by atoms with Gasteiger partial charge in [0.1, 0.15) is 11.3 Å². The van der Waals surface area contributed by atoms with E-state index >= 15 is 0 Å². The first-order chi connectivity index (χ1) is 16.7. The fourth-order valence-electron chi connectivity index (χ4n) is 3.44. The molecule has 0 radical (unpaired) electrons. The predicted octanol–water partition coefficient (Wildman–Crippen LogP) is 4.94. The first kappa shape index (κ1) is 26.4. The molecule has 1 heterocycles. The molecule has 0 aliphatic carbocycles. The SMILES string of the molecule is Cc1nc2c(C(=O)O)cc(-c3ccc(-c4ccccc4S(C)(=O)=O)cc3)cc2[nH]1.O=C(O)C(F)(F)F. The monoisotopic (exact) mass is 520 g/mol. The number of aliphatic carboxylic acids is 1. The second kappa shape index (κ2) is 9.82. The van der Waals surface area contributed by atoms with Gasteiger partial charge in [-0.3, -0.25) is 0 Å². The number of alkyl halides is 3. The standard InChI is InChI=1S/C22H18N2O4S.C2HF3O2/c1-13-23-19-12-16(11-18(22(25)26)21(19)24-13)14-7-9-15(10-8-14)17-5-3-4-6-20(17)29(2,27)28;3-2(4,5)1(6)7/h3-12H,1-2H3,(H,23,24)(H,25,26);(H,6,7). The fraction of sp³-hybridized carbons (Fsp3) is 0.125. The number of fused-ring (bicyclic) bond motifs is 1. The number of carboxylic acids is 2. The van der Waals surface area contributed by atoms with E-state index in [9.17, 15) is 31.5 Å². The lowest BCUT2D eigenvalue weighted by atomic mass is 9.98. The Kier molecular flexibility index (Phi) is 7.20. The fourth-order valence-corrected chi connectivity index (χ4v) is 4.35. The maximum absolute atomic E-state index is 12.1. The highest BCUT2D eigenvalue weighted by molar-refractivity contribution is 7.90. The Morgan fingerprint density at radius 3 is 2.00 bits per heavy atom. The number of carbonyl (C=O) groups is 2. The molecule has 3 N–H and O–H groups in total. The van der Waals surface area contributed by atoms with Crippen molar-refractivity contribution in [3.8, 4) is 22.3 Å². The molecule has 4 rings (SSSR count). The van der Waals surface area contributed by atoms with Gasteiger partial charge < -0.3 is 15.2 Å². The zero-order valence-electron chi connectivity index (χ0n) is 18.8. The number of imidazole rings is 1. The van der Waals surface area contributed by atoms with E-state index in [1.54, 1.807) is 37.3 Å². The van der Waals surface area contributed by atoms with Gasteiger partial charge in [-0.05, 0) is 41.8 Å². The van der Waals surface area contributed by atoms with E-state index in [1.807, 2.05) is 30.3 Å². The van der Waals surface area contributed by atoms with E-state index in [0.717, 1.165) is 16.7 Å². The Hall–Kier alpha value is -4.19. The average Bonchev–Trinajstić information content (AvgIpc) is 3.17. The smallest absolute Gasteiger partial charge is 0.478 e. The lowest BCUT2D eigenvalue weighted by Crippen LogP contribution is -2.21. The summed E-state index contributed by atoms with van der Waals surface area (Å²) < 4.78 is 55.9. The summed E-state index contributed by atoms with van der Waals surface area (Å²) in [6, 6.07) is 17.7. The molecule has 0 atom stereocenters. The van der Waals surface area contributed by atoms with Gasteiger partial charge in [-0.15, -0.1) is 0 Å². The summed E-state index contributed by atoms with van der Waals surface area (Å²) >= 11 is 0. The summed E-state index contributed by atoms with van der Waals surface area (Å²) in [7, 11) is -3.36. The minimum absolute atomic E-state index is 0.133.